The van der Waals surface area contributed by atoms with Crippen molar-refractivity contribution in [2.24, 2.45) is 0 Å². The van der Waals surface area contributed by atoms with Crippen LogP contribution in [0.3, 0.4) is 0 Å². The summed E-state index contributed by atoms with van der Waals surface area (Å²) >= 11 is 0. The van der Waals surface area contributed by atoms with Gasteiger partial charge in [0.05, 0.1) is 29.1 Å². The van der Waals surface area contributed by atoms with Gasteiger partial charge in [-0.05, 0) is 104 Å². The second-order valence-corrected chi connectivity index (χ2v) is 15.9. The third-order valence-electron chi connectivity index (χ3n) is 9.99. The molecule has 0 saturated carbocycles. The molecule has 2 aromatic carbocycles. The molecule has 1 N–H and O–H groups in total. The molecule has 10 nitrogen and oxygen atoms in total. The van der Waals surface area contributed by atoms with Gasteiger partial charge in [0, 0.05) is 34.3 Å². The van der Waals surface area contributed by atoms with Crippen LogP contribution < -0.4 is 15.0 Å². The number of fused-ring (bicyclic) bond motifs is 6. The quantitative estimate of drug-likeness (QED) is 0.207. The third kappa shape index (κ3) is 5.90. The Bertz CT molecular complexity index is 2220. The van der Waals surface area contributed by atoms with Crippen molar-refractivity contribution in [3.63, 3.8) is 0 Å². The van der Waals surface area contributed by atoms with Crippen molar-refractivity contribution in [1.29, 1.82) is 0 Å². The zero-order valence-corrected chi connectivity index (χ0v) is 30.9. The smallest absolute Gasteiger partial charge is 0.412 e. The van der Waals surface area contributed by atoms with Gasteiger partial charge in [0.2, 0.25) is 5.88 Å². The van der Waals surface area contributed by atoms with E-state index in [9.17, 15) is 9.59 Å². The number of ether oxygens (including phenoxy) is 3. The van der Waals surface area contributed by atoms with Gasteiger partial charge in [0.1, 0.15) is 34.6 Å². The van der Waals surface area contributed by atoms with Crippen LogP contribution in [0.2, 0.25) is 0 Å². The summed E-state index contributed by atoms with van der Waals surface area (Å²) in [5, 5.41) is 4.11. The van der Waals surface area contributed by atoms with Crippen LogP contribution in [0.15, 0.2) is 24.3 Å². The Morgan fingerprint density at radius 3 is 2.38 bits per heavy atom. The molecule has 52 heavy (non-hydrogen) atoms. The fraction of sp³-hybridized carbons (Fsp3) is 0.450. The summed E-state index contributed by atoms with van der Waals surface area (Å²) in [6.07, 6.45) is 5.75. The van der Waals surface area contributed by atoms with Crippen LogP contribution in [0.1, 0.15) is 78.1 Å². The van der Waals surface area contributed by atoms with E-state index in [1.165, 1.54) is 18.2 Å². The van der Waals surface area contributed by atoms with E-state index in [1.807, 2.05) is 39.5 Å². The zero-order chi connectivity index (χ0) is 37.6. The highest BCUT2D eigenvalue weighted by Gasteiger charge is 2.53. The SMILES string of the molecule is C#Cc1c(F)ccc2cc(NC(=O)OC(C)(C)C)cc(-c3nc4c5c(nc(C)c(C)c5c3F)N3C[C@H]5CC[C@@H]([C@H]3[C@H](C)O4)N5C(=O)OC(C)(C)C)c12. The number of nitrogens with zero attached hydrogens (tertiary/aromatic N) is 4. The molecule has 2 amide bonds. The molecule has 272 valence electrons. The molecule has 2 aromatic heterocycles. The Morgan fingerprint density at radius 1 is 1.00 bits per heavy atom. The van der Waals surface area contributed by atoms with Crippen LogP contribution in [-0.4, -0.2) is 69.0 Å². The number of aryl methyl sites for hydroxylation is 2. The Labute approximate surface area is 301 Å². The van der Waals surface area contributed by atoms with Gasteiger partial charge >= 0.3 is 12.2 Å². The summed E-state index contributed by atoms with van der Waals surface area (Å²) in [7, 11) is 0. The second-order valence-electron chi connectivity index (χ2n) is 15.9. The standard InChI is InChI=1S/C40H43F2N5O5/c1-11-25-27(41)14-12-22-16-23(44-37(48)51-39(5,6)7)17-26(30(22)25)33-32(42)29-19(2)20(3)43-35-31(29)36(45-33)50-21(4)34-28-15-13-24(18-46(34)35)47(28)38(49)52-40(8,9)10/h1,12,14,16-17,21,24,28,34H,13,15,18H2,2-10H3,(H,44,48)/t21-,24+,28-,34+/m0/s1. The van der Waals surface area contributed by atoms with Crippen molar-refractivity contribution in [3.05, 3.63) is 52.7 Å². The first-order valence-corrected chi connectivity index (χ1v) is 17.5. The maximum absolute atomic E-state index is 17.5. The number of benzene rings is 2. The molecule has 0 aliphatic carbocycles. The van der Waals surface area contributed by atoms with Crippen LogP contribution >= 0.6 is 0 Å². The van der Waals surface area contributed by atoms with Crippen molar-refractivity contribution >= 4 is 45.2 Å². The molecule has 2 saturated heterocycles. The number of carbonyl (C=O) groups is 2. The highest BCUT2D eigenvalue weighted by Crippen LogP contribution is 2.48. The summed E-state index contributed by atoms with van der Waals surface area (Å²) in [6, 6.07) is 5.16. The van der Waals surface area contributed by atoms with E-state index < -0.39 is 35.0 Å². The second kappa shape index (κ2) is 12.2. The maximum atomic E-state index is 17.5. The highest BCUT2D eigenvalue weighted by atomic mass is 19.1. The Kier molecular flexibility index (Phi) is 8.27. The molecule has 0 radical (unpaired) electrons. The van der Waals surface area contributed by atoms with Gasteiger partial charge in [-0.2, -0.15) is 0 Å². The van der Waals surface area contributed by atoms with Crippen molar-refractivity contribution in [2.45, 2.75) is 111 Å². The summed E-state index contributed by atoms with van der Waals surface area (Å²) in [5.41, 5.74) is -0.0179. The number of hydrogen-bond donors (Lipinski definition) is 1. The summed E-state index contributed by atoms with van der Waals surface area (Å²) in [6.45, 7) is 16.7. The molecular weight excluding hydrogens is 668 g/mol. The maximum Gasteiger partial charge on any atom is 0.412 e. The molecule has 2 fully saturated rings. The molecule has 3 aliphatic rings. The van der Waals surface area contributed by atoms with Crippen LogP contribution in [0.4, 0.5) is 29.9 Å². The minimum Gasteiger partial charge on any atom is -0.472 e. The first-order valence-electron chi connectivity index (χ1n) is 17.5. The van der Waals surface area contributed by atoms with Crippen molar-refractivity contribution in [3.8, 4) is 29.5 Å². The molecule has 5 heterocycles. The van der Waals surface area contributed by atoms with E-state index in [0.29, 0.717) is 34.4 Å². The number of terminal acetylenes is 1. The topological polar surface area (TPSA) is 106 Å². The summed E-state index contributed by atoms with van der Waals surface area (Å²) in [4.78, 5) is 40.2. The van der Waals surface area contributed by atoms with Gasteiger partial charge in [-0.15, -0.1) is 6.42 Å². The molecule has 0 unspecified atom stereocenters. The lowest BCUT2D eigenvalue weighted by molar-refractivity contribution is 0.000934. The lowest BCUT2D eigenvalue weighted by Crippen LogP contribution is -2.65. The van der Waals surface area contributed by atoms with Crippen molar-refractivity contribution < 1.29 is 32.6 Å². The van der Waals surface area contributed by atoms with E-state index in [1.54, 1.807) is 33.8 Å². The number of aromatic nitrogens is 2. The van der Waals surface area contributed by atoms with Gasteiger partial charge in [-0.25, -0.2) is 28.3 Å². The largest absolute Gasteiger partial charge is 0.472 e. The number of anilines is 2. The Hall–Kier alpha value is -5.18. The average Bonchev–Trinajstić information content (AvgIpc) is 3.28. The van der Waals surface area contributed by atoms with Crippen molar-refractivity contribution in [2.75, 3.05) is 16.8 Å². The summed E-state index contributed by atoms with van der Waals surface area (Å²) in [5.74, 6) is 1.78. The first-order chi connectivity index (χ1) is 24.4. The van der Waals surface area contributed by atoms with E-state index in [0.717, 1.165) is 12.8 Å². The van der Waals surface area contributed by atoms with Crippen LogP contribution in [0.5, 0.6) is 5.88 Å². The fourth-order valence-corrected chi connectivity index (χ4v) is 7.94. The van der Waals surface area contributed by atoms with Gasteiger partial charge in [-0.3, -0.25) is 10.2 Å². The molecule has 3 aliphatic heterocycles. The van der Waals surface area contributed by atoms with Gasteiger partial charge in [-0.1, -0.05) is 12.0 Å². The predicted molar refractivity (Wildman–Crippen MR) is 196 cm³/mol. The molecule has 12 heteroatoms. The van der Waals surface area contributed by atoms with Crippen LogP contribution in [0.25, 0.3) is 32.8 Å². The van der Waals surface area contributed by atoms with Crippen LogP contribution in [0, 0.1) is 37.8 Å². The molecule has 4 aromatic rings. The lowest BCUT2D eigenvalue weighted by atomic mass is 9.94. The number of pyridine rings is 2. The number of piperazine rings is 1. The molecular formula is C40H43F2N5O5. The minimum absolute atomic E-state index is 0.0727. The average molecular weight is 712 g/mol. The van der Waals surface area contributed by atoms with Crippen LogP contribution in [-0.2, 0) is 9.47 Å². The number of halogens is 2. The normalized spacial score (nSPS) is 21.0. The monoisotopic (exact) mass is 711 g/mol. The molecule has 0 spiro atoms. The Morgan fingerprint density at radius 2 is 1.71 bits per heavy atom. The van der Waals surface area contributed by atoms with E-state index >= 15 is 8.78 Å². The number of hydrogen-bond acceptors (Lipinski definition) is 8. The van der Waals surface area contributed by atoms with Crippen molar-refractivity contribution in [1.82, 2.24) is 14.9 Å². The molecule has 7 rings (SSSR count). The molecule has 4 atom stereocenters. The third-order valence-corrected chi connectivity index (χ3v) is 9.99. The number of amides is 2. The first kappa shape index (κ1) is 35.2. The highest BCUT2D eigenvalue weighted by molar-refractivity contribution is 6.07. The fourth-order valence-electron chi connectivity index (χ4n) is 7.94. The van der Waals surface area contributed by atoms with Gasteiger partial charge < -0.3 is 19.1 Å². The number of nitrogens with one attached hydrogen (secondary N) is 1. The van der Waals surface area contributed by atoms with E-state index in [-0.39, 0.29) is 63.4 Å². The van der Waals surface area contributed by atoms with Gasteiger partial charge in [0.15, 0.2) is 5.82 Å². The number of rotatable bonds is 2. The Balaban J connectivity index is 1.43. The zero-order valence-electron chi connectivity index (χ0n) is 30.9. The molecule has 2 bridgehead atoms. The van der Waals surface area contributed by atoms with E-state index in [4.69, 9.17) is 30.6 Å². The summed E-state index contributed by atoms with van der Waals surface area (Å²) < 4.78 is 50.7. The van der Waals surface area contributed by atoms with Gasteiger partial charge in [0.25, 0.3) is 0 Å². The number of carbonyl (C=O) groups excluding carboxylic acids is 2. The predicted octanol–water partition coefficient (Wildman–Crippen LogP) is 8.41. The van der Waals surface area contributed by atoms with E-state index in [2.05, 4.69) is 16.1 Å². The minimum atomic E-state index is -0.775. The lowest BCUT2D eigenvalue weighted by Gasteiger charge is -2.48.